The Morgan fingerprint density at radius 1 is 1.28 bits per heavy atom. The van der Waals surface area contributed by atoms with Gasteiger partial charge in [0, 0.05) is 11.9 Å². The van der Waals surface area contributed by atoms with Crippen LogP contribution in [0.1, 0.15) is 13.8 Å². The molecule has 0 radical (unpaired) electrons. The number of aromatic nitrogens is 2. The van der Waals surface area contributed by atoms with Crippen molar-refractivity contribution in [3.8, 4) is 0 Å². The third kappa shape index (κ3) is 2.89. The Bertz CT molecular complexity index is 545. The maximum atomic E-state index is 9.79. The quantitative estimate of drug-likeness (QED) is 0.835. The van der Waals surface area contributed by atoms with Gasteiger partial charge < -0.3 is 10.4 Å². The van der Waals surface area contributed by atoms with E-state index in [9.17, 15) is 5.11 Å². The zero-order valence-corrected chi connectivity index (χ0v) is 11.1. The minimum atomic E-state index is -0.419. The van der Waals surface area contributed by atoms with Crippen LogP contribution in [0, 0.1) is 5.92 Å². The van der Waals surface area contributed by atoms with Gasteiger partial charge in [0.15, 0.2) is 0 Å². The summed E-state index contributed by atoms with van der Waals surface area (Å²) in [6, 6.07) is 7.63. The molecule has 0 amide bonds. The summed E-state index contributed by atoms with van der Waals surface area (Å²) in [7, 11) is 0. The molecule has 0 aliphatic carbocycles. The summed E-state index contributed by atoms with van der Waals surface area (Å²) < 4.78 is 0. The molecule has 0 saturated heterocycles. The van der Waals surface area contributed by atoms with Gasteiger partial charge in [0.2, 0.25) is 5.28 Å². The highest BCUT2D eigenvalue weighted by atomic mass is 35.5. The molecular weight excluding hydrogens is 250 g/mol. The number of hydrogen-bond acceptors (Lipinski definition) is 4. The van der Waals surface area contributed by atoms with E-state index >= 15 is 0 Å². The summed E-state index contributed by atoms with van der Waals surface area (Å²) in [4.78, 5) is 8.32. The normalized spacial score (nSPS) is 12.9. The van der Waals surface area contributed by atoms with Crippen LogP contribution in [0.5, 0.6) is 0 Å². The molecule has 1 aromatic carbocycles. The van der Waals surface area contributed by atoms with Crippen LogP contribution in [-0.4, -0.2) is 27.7 Å². The fourth-order valence-electron chi connectivity index (χ4n) is 1.62. The highest BCUT2D eigenvalue weighted by Gasteiger charge is 2.11. The summed E-state index contributed by atoms with van der Waals surface area (Å²) in [5.74, 6) is 0.853. The first-order chi connectivity index (χ1) is 8.58. The van der Waals surface area contributed by atoms with E-state index in [1.54, 1.807) is 0 Å². The average molecular weight is 266 g/mol. The van der Waals surface area contributed by atoms with Crippen molar-refractivity contribution in [1.29, 1.82) is 0 Å². The molecule has 1 heterocycles. The van der Waals surface area contributed by atoms with E-state index in [1.165, 1.54) is 0 Å². The number of benzene rings is 1. The third-order valence-corrected chi connectivity index (χ3v) is 2.99. The Balaban J connectivity index is 2.27. The Morgan fingerprint density at radius 3 is 2.72 bits per heavy atom. The molecule has 1 aromatic heterocycles. The van der Waals surface area contributed by atoms with E-state index in [0.717, 1.165) is 10.9 Å². The highest BCUT2D eigenvalue weighted by molar-refractivity contribution is 6.28. The number of para-hydroxylation sites is 1. The van der Waals surface area contributed by atoms with Crippen LogP contribution in [0.4, 0.5) is 5.82 Å². The van der Waals surface area contributed by atoms with E-state index in [0.29, 0.717) is 12.4 Å². The first-order valence-corrected chi connectivity index (χ1v) is 6.30. The van der Waals surface area contributed by atoms with Crippen LogP contribution >= 0.6 is 11.6 Å². The van der Waals surface area contributed by atoms with Crippen LogP contribution in [0.3, 0.4) is 0 Å². The third-order valence-electron chi connectivity index (χ3n) is 2.82. The van der Waals surface area contributed by atoms with Crippen molar-refractivity contribution in [3.63, 3.8) is 0 Å². The first kappa shape index (κ1) is 13.1. The summed E-state index contributed by atoms with van der Waals surface area (Å²) in [6.45, 7) is 4.38. The van der Waals surface area contributed by atoms with Crippen molar-refractivity contribution >= 4 is 28.3 Å². The Kier molecular flexibility index (Phi) is 3.99. The van der Waals surface area contributed by atoms with Crippen molar-refractivity contribution in [2.75, 3.05) is 11.9 Å². The molecule has 18 heavy (non-hydrogen) atoms. The van der Waals surface area contributed by atoms with Gasteiger partial charge in [0.05, 0.1) is 11.6 Å². The van der Waals surface area contributed by atoms with Gasteiger partial charge in [0.1, 0.15) is 5.82 Å². The van der Waals surface area contributed by atoms with Gasteiger partial charge in [-0.3, -0.25) is 0 Å². The van der Waals surface area contributed by atoms with Crippen molar-refractivity contribution in [2.24, 2.45) is 5.92 Å². The number of fused-ring (bicyclic) bond motifs is 1. The van der Waals surface area contributed by atoms with Crippen molar-refractivity contribution in [3.05, 3.63) is 29.5 Å². The molecule has 4 nitrogen and oxygen atoms in total. The monoisotopic (exact) mass is 265 g/mol. The molecule has 0 fully saturated rings. The number of aliphatic hydroxyl groups excluding tert-OH is 1. The van der Waals surface area contributed by atoms with E-state index in [1.807, 2.05) is 38.1 Å². The smallest absolute Gasteiger partial charge is 0.224 e. The standard InChI is InChI=1S/C13H16ClN3O/c1-8(2)11(18)7-15-12-9-5-3-4-6-10(9)16-13(14)17-12/h3-6,8,11,18H,7H2,1-2H3,(H,15,16,17). The Labute approximate surface area is 111 Å². The predicted octanol–water partition coefficient (Wildman–Crippen LogP) is 2.71. The first-order valence-electron chi connectivity index (χ1n) is 5.92. The summed E-state index contributed by atoms with van der Waals surface area (Å²) in [5, 5.41) is 14.0. The number of hydrogen-bond donors (Lipinski definition) is 2. The minimum Gasteiger partial charge on any atom is -0.391 e. The lowest BCUT2D eigenvalue weighted by Gasteiger charge is -2.16. The fourth-order valence-corrected chi connectivity index (χ4v) is 1.80. The zero-order valence-electron chi connectivity index (χ0n) is 10.4. The largest absolute Gasteiger partial charge is 0.391 e. The maximum Gasteiger partial charge on any atom is 0.224 e. The number of anilines is 1. The molecule has 1 unspecified atom stereocenters. The second kappa shape index (κ2) is 5.50. The van der Waals surface area contributed by atoms with Crippen molar-refractivity contribution < 1.29 is 5.11 Å². The van der Waals surface area contributed by atoms with Gasteiger partial charge in [-0.1, -0.05) is 26.0 Å². The summed E-state index contributed by atoms with van der Waals surface area (Å²) >= 11 is 5.88. The zero-order chi connectivity index (χ0) is 13.1. The van der Waals surface area contributed by atoms with Crippen molar-refractivity contribution in [1.82, 2.24) is 9.97 Å². The topological polar surface area (TPSA) is 58.0 Å². The molecule has 96 valence electrons. The predicted molar refractivity (Wildman–Crippen MR) is 73.9 cm³/mol. The SMILES string of the molecule is CC(C)C(O)CNc1nc(Cl)nc2ccccc12. The van der Waals surface area contributed by atoms with E-state index in [4.69, 9.17) is 11.6 Å². The number of aliphatic hydroxyl groups is 1. The van der Waals surface area contributed by atoms with Crippen LogP contribution in [-0.2, 0) is 0 Å². The Morgan fingerprint density at radius 2 is 2.00 bits per heavy atom. The molecule has 2 aromatic rings. The molecule has 2 rings (SSSR count). The maximum absolute atomic E-state index is 9.79. The number of halogens is 1. The summed E-state index contributed by atoms with van der Waals surface area (Å²) in [5.41, 5.74) is 0.791. The molecule has 1 atom stereocenters. The van der Waals surface area contributed by atoms with E-state index in [-0.39, 0.29) is 11.2 Å². The molecule has 0 saturated carbocycles. The number of rotatable bonds is 4. The van der Waals surface area contributed by atoms with Gasteiger partial charge in [-0.25, -0.2) is 9.97 Å². The molecule has 0 spiro atoms. The lowest BCUT2D eigenvalue weighted by atomic mass is 10.1. The lowest BCUT2D eigenvalue weighted by Crippen LogP contribution is -2.25. The minimum absolute atomic E-state index is 0.195. The van der Waals surface area contributed by atoms with Gasteiger partial charge in [-0.05, 0) is 29.7 Å². The molecule has 2 N–H and O–H groups in total. The van der Waals surface area contributed by atoms with Gasteiger partial charge >= 0.3 is 0 Å². The molecule has 0 aliphatic rings. The second-order valence-corrected chi connectivity index (χ2v) is 4.89. The van der Waals surface area contributed by atoms with Crippen LogP contribution in [0.25, 0.3) is 10.9 Å². The molecule has 0 bridgehead atoms. The molecule has 0 aliphatic heterocycles. The van der Waals surface area contributed by atoms with Gasteiger partial charge in [-0.2, -0.15) is 0 Å². The number of nitrogens with one attached hydrogen (secondary N) is 1. The Hall–Kier alpha value is -1.39. The lowest BCUT2D eigenvalue weighted by molar-refractivity contribution is 0.138. The highest BCUT2D eigenvalue weighted by Crippen LogP contribution is 2.21. The molecular formula is C13H16ClN3O. The van der Waals surface area contributed by atoms with E-state index in [2.05, 4.69) is 15.3 Å². The fraction of sp³-hybridized carbons (Fsp3) is 0.385. The van der Waals surface area contributed by atoms with Crippen LogP contribution < -0.4 is 5.32 Å². The second-order valence-electron chi connectivity index (χ2n) is 4.55. The average Bonchev–Trinajstić information content (AvgIpc) is 2.35. The van der Waals surface area contributed by atoms with Crippen LogP contribution in [0.15, 0.2) is 24.3 Å². The van der Waals surface area contributed by atoms with Gasteiger partial charge in [-0.15, -0.1) is 0 Å². The summed E-state index contributed by atoms with van der Waals surface area (Å²) in [6.07, 6.45) is -0.419. The number of nitrogens with zero attached hydrogens (tertiary/aromatic N) is 2. The van der Waals surface area contributed by atoms with Crippen molar-refractivity contribution in [2.45, 2.75) is 20.0 Å². The van der Waals surface area contributed by atoms with Crippen LogP contribution in [0.2, 0.25) is 5.28 Å². The van der Waals surface area contributed by atoms with E-state index < -0.39 is 6.10 Å². The molecule has 5 heteroatoms. The van der Waals surface area contributed by atoms with Gasteiger partial charge in [0.25, 0.3) is 0 Å².